The van der Waals surface area contributed by atoms with Gasteiger partial charge in [0.2, 0.25) is 5.82 Å². The molecular weight excluding hydrogens is 211 g/mol. The second-order valence-corrected chi connectivity index (χ2v) is 3.39. The van der Waals surface area contributed by atoms with Crippen LogP contribution in [0, 0.1) is 5.82 Å². The van der Waals surface area contributed by atoms with Crippen molar-refractivity contribution in [3.8, 4) is 11.5 Å². The van der Waals surface area contributed by atoms with Gasteiger partial charge in [0.15, 0.2) is 0 Å². The molecule has 0 amide bonds. The minimum atomic E-state index is -0.724. The van der Waals surface area contributed by atoms with Crippen molar-refractivity contribution in [2.24, 2.45) is 0 Å². The molecule has 0 aliphatic carbocycles. The molecule has 1 aromatic carbocycles. The second-order valence-electron chi connectivity index (χ2n) is 3.39. The third kappa shape index (κ3) is 2.09. The van der Waals surface area contributed by atoms with Crippen molar-refractivity contribution >= 4 is 0 Å². The molecule has 1 atom stereocenters. The van der Waals surface area contributed by atoms with Crippen LogP contribution in [0.2, 0.25) is 0 Å². The highest BCUT2D eigenvalue weighted by Crippen LogP contribution is 2.20. The van der Waals surface area contributed by atoms with E-state index in [1.54, 1.807) is 12.1 Å². The normalized spacial score (nSPS) is 12.7. The zero-order valence-corrected chi connectivity index (χ0v) is 8.72. The lowest BCUT2D eigenvalue weighted by molar-refractivity contribution is 0.159. The highest BCUT2D eigenvalue weighted by Gasteiger charge is 2.14. The first kappa shape index (κ1) is 10.8. The molecular formula is C11H11FN2O2. The molecule has 2 rings (SSSR count). The predicted molar refractivity (Wildman–Crippen MR) is 54.9 cm³/mol. The van der Waals surface area contributed by atoms with Gasteiger partial charge in [0.05, 0.1) is 0 Å². The Kier molecular flexibility index (Phi) is 2.96. The van der Waals surface area contributed by atoms with Gasteiger partial charge in [-0.1, -0.05) is 12.1 Å². The van der Waals surface area contributed by atoms with Gasteiger partial charge in [-0.15, -0.1) is 0 Å². The molecule has 0 spiro atoms. The van der Waals surface area contributed by atoms with Gasteiger partial charge in [0, 0.05) is 5.56 Å². The molecule has 0 aliphatic heterocycles. The van der Waals surface area contributed by atoms with Gasteiger partial charge in [-0.25, -0.2) is 4.39 Å². The van der Waals surface area contributed by atoms with Crippen molar-refractivity contribution in [3.05, 3.63) is 35.9 Å². The van der Waals surface area contributed by atoms with Gasteiger partial charge in [0.25, 0.3) is 5.89 Å². The van der Waals surface area contributed by atoms with E-state index in [0.29, 0.717) is 12.0 Å². The molecule has 1 N–H and O–H groups in total. The van der Waals surface area contributed by atoms with Crippen LogP contribution >= 0.6 is 0 Å². The number of rotatable bonds is 3. The number of nitrogens with zero attached hydrogens (tertiary/aromatic N) is 2. The monoisotopic (exact) mass is 222 g/mol. The summed E-state index contributed by atoms with van der Waals surface area (Å²) in [6.07, 6.45) is -0.208. The van der Waals surface area contributed by atoms with Crippen molar-refractivity contribution in [3.63, 3.8) is 0 Å². The first-order valence-electron chi connectivity index (χ1n) is 4.98. The van der Waals surface area contributed by atoms with Crippen LogP contribution in [0.4, 0.5) is 4.39 Å². The number of hydrogen-bond donors (Lipinski definition) is 1. The van der Waals surface area contributed by atoms with E-state index in [1.807, 2.05) is 6.92 Å². The summed E-state index contributed by atoms with van der Waals surface area (Å²) in [7, 11) is 0. The molecule has 0 bridgehead atoms. The lowest BCUT2D eigenvalue weighted by Gasteiger charge is -1.98. The molecule has 16 heavy (non-hydrogen) atoms. The van der Waals surface area contributed by atoms with Crippen molar-refractivity contribution < 1.29 is 14.0 Å². The lowest BCUT2D eigenvalue weighted by atomic mass is 10.2. The number of halogens is 1. The summed E-state index contributed by atoms with van der Waals surface area (Å²) < 4.78 is 17.7. The van der Waals surface area contributed by atoms with E-state index in [-0.39, 0.29) is 17.5 Å². The summed E-state index contributed by atoms with van der Waals surface area (Å²) in [5.41, 5.74) is 0.628. The highest BCUT2D eigenvalue weighted by atomic mass is 19.1. The van der Waals surface area contributed by atoms with Gasteiger partial charge in [-0.3, -0.25) is 0 Å². The van der Waals surface area contributed by atoms with Gasteiger partial charge in [0.1, 0.15) is 11.9 Å². The van der Waals surface area contributed by atoms with Crippen LogP contribution in [0.3, 0.4) is 0 Å². The van der Waals surface area contributed by atoms with E-state index in [0.717, 1.165) is 0 Å². The molecule has 2 aromatic rings. The van der Waals surface area contributed by atoms with Crippen LogP contribution < -0.4 is 0 Å². The maximum absolute atomic E-state index is 12.7. The fraction of sp³-hybridized carbons (Fsp3) is 0.273. The number of aromatic nitrogens is 2. The topological polar surface area (TPSA) is 59.2 Å². The van der Waals surface area contributed by atoms with Crippen LogP contribution in [-0.4, -0.2) is 15.2 Å². The van der Waals surface area contributed by atoms with E-state index < -0.39 is 6.10 Å². The molecule has 0 saturated carbocycles. The largest absolute Gasteiger partial charge is 0.385 e. The van der Waals surface area contributed by atoms with Crippen LogP contribution in [0.1, 0.15) is 25.3 Å². The maximum atomic E-state index is 12.7. The SMILES string of the molecule is CCC(O)c1noc(-c2ccc(F)cc2)n1. The number of aliphatic hydroxyl groups is 1. The number of benzene rings is 1. The van der Waals surface area contributed by atoms with E-state index in [2.05, 4.69) is 10.1 Å². The van der Waals surface area contributed by atoms with Crippen molar-refractivity contribution in [1.29, 1.82) is 0 Å². The third-order valence-corrected chi connectivity index (χ3v) is 2.22. The predicted octanol–water partition coefficient (Wildman–Crippen LogP) is 2.32. The number of hydrogen-bond acceptors (Lipinski definition) is 4. The molecule has 5 heteroatoms. The smallest absolute Gasteiger partial charge is 0.258 e. The van der Waals surface area contributed by atoms with Crippen molar-refractivity contribution in [1.82, 2.24) is 10.1 Å². The Morgan fingerprint density at radius 1 is 1.38 bits per heavy atom. The van der Waals surface area contributed by atoms with Crippen LogP contribution in [-0.2, 0) is 0 Å². The van der Waals surface area contributed by atoms with Gasteiger partial charge < -0.3 is 9.63 Å². The summed E-state index contributed by atoms with van der Waals surface area (Å²) >= 11 is 0. The summed E-state index contributed by atoms with van der Waals surface area (Å²) in [4.78, 5) is 4.03. The molecule has 1 heterocycles. The average molecular weight is 222 g/mol. The molecule has 0 radical (unpaired) electrons. The average Bonchev–Trinajstić information content (AvgIpc) is 2.78. The quantitative estimate of drug-likeness (QED) is 0.865. The Balaban J connectivity index is 2.28. The van der Waals surface area contributed by atoms with Crippen LogP contribution in [0.25, 0.3) is 11.5 Å². The Bertz CT molecular complexity index is 467. The Morgan fingerprint density at radius 3 is 2.69 bits per heavy atom. The first-order chi connectivity index (χ1) is 7.70. The first-order valence-corrected chi connectivity index (χ1v) is 4.98. The Labute approximate surface area is 91.7 Å². The van der Waals surface area contributed by atoms with Gasteiger partial charge >= 0.3 is 0 Å². The van der Waals surface area contributed by atoms with E-state index in [9.17, 15) is 9.50 Å². The van der Waals surface area contributed by atoms with Crippen molar-refractivity contribution in [2.45, 2.75) is 19.4 Å². The molecule has 1 unspecified atom stereocenters. The number of aliphatic hydroxyl groups excluding tert-OH is 1. The molecule has 0 aliphatic rings. The van der Waals surface area contributed by atoms with Gasteiger partial charge in [-0.2, -0.15) is 4.98 Å². The minimum absolute atomic E-state index is 0.252. The standard InChI is InChI=1S/C11H11FN2O2/c1-2-9(15)10-13-11(16-14-10)7-3-5-8(12)6-4-7/h3-6,9,15H,2H2,1H3. The zero-order valence-electron chi connectivity index (χ0n) is 8.72. The second kappa shape index (κ2) is 4.40. The summed E-state index contributed by atoms with van der Waals surface area (Å²) in [6, 6.07) is 5.72. The maximum Gasteiger partial charge on any atom is 0.258 e. The zero-order chi connectivity index (χ0) is 11.5. The Hall–Kier alpha value is -1.75. The van der Waals surface area contributed by atoms with Crippen molar-refractivity contribution in [2.75, 3.05) is 0 Å². The third-order valence-electron chi connectivity index (χ3n) is 2.22. The molecule has 4 nitrogen and oxygen atoms in total. The summed E-state index contributed by atoms with van der Waals surface area (Å²) in [6.45, 7) is 1.82. The highest BCUT2D eigenvalue weighted by molar-refractivity contribution is 5.52. The summed E-state index contributed by atoms with van der Waals surface area (Å²) in [5, 5.41) is 13.1. The molecule has 0 fully saturated rings. The van der Waals surface area contributed by atoms with Crippen LogP contribution in [0.15, 0.2) is 28.8 Å². The van der Waals surface area contributed by atoms with Gasteiger partial charge in [-0.05, 0) is 30.7 Å². The van der Waals surface area contributed by atoms with E-state index >= 15 is 0 Å². The van der Waals surface area contributed by atoms with Crippen LogP contribution in [0.5, 0.6) is 0 Å². The molecule has 84 valence electrons. The molecule has 1 aromatic heterocycles. The fourth-order valence-corrected chi connectivity index (χ4v) is 1.26. The van der Waals surface area contributed by atoms with E-state index in [4.69, 9.17) is 4.52 Å². The minimum Gasteiger partial charge on any atom is -0.385 e. The lowest BCUT2D eigenvalue weighted by Crippen LogP contribution is -1.97. The fourth-order valence-electron chi connectivity index (χ4n) is 1.26. The Morgan fingerprint density at radius 2 is 2.06 bits per heavy atom. The van der Waals surface area contributed by atoms with E-state index in [1.165, 1.54) is 12.1 Å². The molecule has 0 saturated heterocycles. The summed E-state index contributed by atoms with van der Waals surface area (Å²) in [5.74, 6) is 0.210.